The molecule has 0 aliphatic heterocycles. The van der Waals surface area contributed by atoms with Gasteiger partial charge in [0.05, 0.1) is 19.8 Å². The molecular weight excluding hydrogens is 384 g/mol. The number of H-pyrrole nitrogens is 1. The number of nitrogens with one attached hydrogen (secondary N) is 2. The van der Waals surface area contributed by atoms with Crippen LogP contribution in [0, 0.1) is 0 Å². The molecule has 0 fully saturated rings. The number of carbonyl (C=O) groups is 3. The molecule has 1 heterocycles. The van der Waals surface area contributed by atoms with Gasteiger partial charge < -0.3 is 19.8 Å². The molecule has 2 N–H and O–H groups in total. The van der Waals surface area contributed by atoms with Gasteiger partial charge >= 0.3 is 11.9 Å². The van der Waals surface area contributed by atoms with Gasteiger partial charge in [0.2, 0.25) is 5.91 Å². The Labute approximate surface area is 174 Å². The van der Waals surface area contributed by atoms with Gasteiger partial charge in [-0.1, -0.05) is 30.3 Å². The predicted octanol–water partition coefficient (Wildman–Crippen LogP) is 2.77. The van der Waals surface area contributed by atoms with E-state index < -0.39 is 12.0 Å². The molecule has 1 atom stereocenters. The zero-order valence-electron chi connectivity index (χ0n) is 17.2. The number of hydrogen-bond acceptors (Lipinski definition) is 5. The molecule has 156 valence electrons. The van der Waals surface area contributed by atoms with Gasteiger partial charge in [0.25, 0.3) is 0 Å². The van der Waals surface area contributed by atoms with E-state index in [1.54, 1.807) is 12.1 Å². The second-order valence-electron chi connectivity index (χ2n) is 6.97. The molecule has 1 aromatic heterocycles. The second-order valence-corrected chi connectivity index (χ2v) is 6.97. The van der Waals surface area contributed by atoms with Crippen LogP contribution in [-0.4, -0.2) is 43.1 Å². The molecule has 0 aliphatic rings. The number of rotatable bonds is 7. The summed E-state index contributed by atoms with van der Waals surface area (Å²) in [6.45, 7) is 1.37. The number of carbonyl (C=O) groups excluding carboxylic acids is 3. The first-order chi connectivity index (χ1) is 14.4. The lowest BCUT2D eigenvalue weighted by Crippen LogP contribution is -2.42. The number of amides is 1. The average Bonchev–Trinajstić information content (AvgIpc) is 3.09. The first-order valence-electron chi connectivity index (χ1n) is 9.53. The molecule has 0 bridgehead atoms. The van der Waals surface area contributed by atoms with E-state index in [1.165, 1.54) is 21.1 Å². The maximum atomic E-state index is 12.2. The number of para-hydroxylation sites is 1. The molecule has 3 aromatic rings. The topological polar surface area (TPSA) is 97.5 Å². The Bertz CT molecular complexity index is 1070. The third kappa shape index (κ3) is 4.68. The van der Waals surface area contributed by atoms with E-state index in [0.717, 1.165) is 27.7 Å². The minimum Gasteiger partial charge on any atom is -0.467 e. The Morgan fingerprint density at radius 1 is 1.00 bits per heavy atom. The summed E-state index contributed by atoms with van der Waals surface area (Å²) < 4.78 is 9.61. The maximum Gasteiger partial charge on any atom is 0.337 e. The van der Waals surface area contributed by atoms with Crippen molar-refractivity contribution in [1.82, 2.24) is 10.3 Å². The summed E-state index contributed by atoms with van der Waals surface area (Å²) in [4.78, 5) is 38.9. The Morgan fingerprint density at radius 3 is 2.33 bits per heavy atom. The minimum absolute atomic E-state index is 0.297. The minimum atomic E-state index is -0.785. The van der Waals surface area contributed by atoms with Crippen LogP contribution < -0.4 is 5.32 Å². The zero-order valence-corrected chi connectivity index (χ0v) is 17.2. The smallest absolute Gasteiger partial charge is 0.337 e. The molecule has 3 rings (SSSR count). The zero-order chi connectivity index (χ0) is 21.7. The highest BCUT2D eigenvalue weighted by molar-refractivity contribution is 5.89. The number of aromatic amines is 1. The molecule has 1 amide bonds. The van der Waals surface area contributed by atoms with Crippen molar-refractivity contribution in [3.8, 4) is 0 Å². The fourth-order valence-electron chi connectivity index (χ4n) is 3.51. The van der Waals surface area contributed by atoms with E-state index in [-0.39, 0.29) is 11.9 Å². The molecule has 0 aliphatic carbocycles. The van der Waals surface area contributed by atoms with Crippen LogP contribution in [0.25, 0.3) is 10.9 Å². The van der Waals surface area contributed by atoms with Gasteiger partial charge in [0, 0.05) is 36.4 Å². The van der Waals surface area contributed by atoms with Crippen molar-refractivity contribution >= 4 is 28.7 Å². The standard InChI is InChI=1S/C23H24N2O5/c1-14(26)24-21(23(28)30-3)13-18-17-6-4-5-7-19(17)25-20(18)12-15-8-10-16(11-9-15)22(27)29-2/h4-11,21,25H,12-13H2,1-3H3,(H,24,26)/t21-/m0/s1. The summed E-state index contributed by atoms with van der Waals surface area (Å²) in [5, 5.41) is 3.66. The van der Waals surface area contributed by atoms with Gasteiger partial charge in [-0.3, -0.25) is 4.79 Å². The normalized spacial score (nSPS) is 11.7. The van der Waals surface area contributed by atoms with Crippen LogP contribution >= 0.6 is 0 Å². The van der Waals surface area contributed by atoms with Crippen molar-refractivity contribution in [1.29, 1.82) is 0 Å². The summed E-state index contributed by atoms with van der Waals surface area (Å²) >= 11 is 0. The molecule has 2 aromatic carbocycles. The fraction of sp³-hybridized carbons (Fsp3) is 0.261. The van der Waals surface area contributed by atoms with Crippen molar-refractivity contribution in [3.05, 3.63) is 70.9 Å². The predicted molar refractivity (Wildman–Crippen MR) is 112 cm³/mol. The summed E-state index contributed by atoms with van der Waals surface area (Å²) in [5.41, 5.74) is 4.28. The molecule has 0 saturated carbocycles. The van der Waals surface area contributed by atoms with E-state index in [9.17, 15) is 14.4 Å². The van der Waals surface area contributed by atoms with E-state index in [4.69, 9.17) is 9.47 Å². The number of esters is 2. The summed E-state index contributed by atoms with van der Waals surface area (Å²) in [6, 6.07) is 14.2. The molecule has 30 heavy (non-hydrogen) atoms. The van der Waals surface area contributed by atoms with Gasteiger partial charge in [-0.15, -0.1) is 0 Å². The second kappa shape index (κ2) is 9.26. The number of aromatic nitrogens is 1. The molecule has 0 spiro atoms. The first-order valence-corrected chi connectivity index (χ1v) is 9.53. The highest BCUT2D eigenvalue weighted by Crippen LogP contribution is 2.26. The Kier molecular flexibility index (Phi) is 6.51. The lowest BCUT2D eigenvalue weighted by Gasteiger charge is -2.16. The monoisotopic (exact) mass is 408 g/mol. The SMILES string of the molecule is COC(=O)c1ccc(Cc2[nH]c3ccccc3c2C[C@H](NC(C)=O)C(=O)OC)cc1. The Balaban J connectivity index is 1.95. The highest BCUT2D eigenvalue weighted by Gasteiger charge is 2.24. The molecule has 0 unspecified atom stereocenters. The van der Waals surface area contributed by atoms with Crippen molar-refractivity contribution in [2.45, 2.75) is 25.8 Å². The first kappa shape index (κ1) is 21.1. The van der Waals surface area contributed by atoms with Crippen LogP contribution in [0.3, 0.4) is 0 Å². The molecule has 7 heteroatoms. The Hall–Kier alpha value is -3.61. The molecular formula is C23H24N2O5. The fourth-order valence-corrected chi connectivity index (χ4v) is 3.51. The van der Waals surface area contributed by atoms with E-state index in [2.05, 4.69) is 10.3 Å². The van der Waals surface area contributed by atoms with Crippen LogP contribution in [0.1, 0.15) is 34.1 Å². The molecule has 7 nitrogen and oxygen atoms in total. The van der Waals surface area contributed by atoms with Gasteiger partial charge in [-0.05, 0) is 29.3 Å². The number of hydrogen-bond donors (Lipinski definition) is 2. The largest absolute Gasteiger partial charge is 0.467 e. The van der Waals surface area contributed by atoms with E-state index in [0.29, 0.717) is 18.4 Å². The number of fused-ring (bicyclic) bond motifs is 1. The van der Waals surface area contributed by atoms with E-state index >= 15 is 0 Å². The molecule has 0 saturated heterocycles. The third-order valence-electron chi connectivity index (χ3n) is 4.93. The summed E-state index contributed by atoms with van der Waals surface area (Å²) in [7, 11) is 2.65. The summed E-state index contributed by atoms with van der Waals surface area (Å²) in [6.07, 6.45) is 0.866. The lowest BCUT2D eigenvalue weighted by molar-refractivity contribution is -0.144. The van der Waals surface area contributed by atoms with Gasteiger partial charge in [-0.2, -0.15) is 0 Å². The van der Waals surface area contributed by atoms with Crippen LogP contribution in [0.4, 0.5) is 0 Å². The highest BCUT2D eigenvalue weighted by atomic mass is 16.5. The number of benzene rings is 2. The number of ether oxygens (including phenoxy) is 2. The summed E-state index contributed by atoms with van der Waals surface area (Å²) in [5.74, 6) is -1.18. The van der Waals surface area contributed by atoms with Crippen molar-refractivity contribution < 1.29 is 23.9 Å². The van der Waals surface area contributed by atoms with Crippen LogP contribution in [0.2, 0.25) is 0 Å². The van der Waals surface area contributed by atoms with Gasteiger partial charge in [0.1, 0.15) is 6.04 Å². The Morgan fingerprint density at radius 2 is 1.70 bits per heavy atom. The van der Waals surface area contributed by atoms with Crippen LogP contribution in [0.15, 0.2) is 48.5 Å². The van der Waals surface area contributed by atoms with Crippen molar-refractivity contribution in [3.63, 3.8) is 0 Å². The van der Waals surface area contributed by atoms with Gasteiger partial charge in [0.15, 0.2) is 0 Å². The average molecular weight is 408 g/mol. The number of methoxy groups -OCH3 is 2. The lowest BCUT2D eigenvalue weighted by atomic mass is 9.98. The maximum absolute atomic E-state index is 12.2. The van der Waals surface area contributed by atoms with E-state index in [1.807, 2.05) is 36.4 Å². The van der Waals surface area contributed by atoms with Crippen molar-refractivity contribution in [2.75, 3.05) is 14.2 Å². The quantitative estimate of drug-likeness (QED) is 0.586. The van der Waals surface area contributed by atoms with Gasteiger partial charge in [-0.25, -0.2) is 9.59 Å². The molecule has 0 radical (unpaired) electrons. The third-order valence-corrected chi connectivity index (χ3v) is 4.93. The van der Waals surface area contributed by atoms with Crippen LogP contribution in [0.5, 0.6) is 0 Å². The van der Waals surface area contributed by atoms with Crippen molar-refractivity contribution in [2.24, 2.45) is 0 Å². The van der Waals surface area contributed by atoms with Crippen LogP contribution in [-0.2, 0) is 31.9 Å².